The molecule has 5 rings (SSSR count). The second kappa shape index (κ2) is 10.7. The van der Waals surface area contributed by atoms with Crippen LogP contribution in [0.25, 0.3) is 50.4 Å². The number of aliphatic imine (C=N–C) groups is 2. The Morgan fingerprint density at radius 1 is 1.18 bits per heavy atom. The van der Waals surface area contributed by atoms with Crippen molar-refractivity contribution in [3.63, 3.8) is 0 Å². The molecule has 4 heterocycles. The van der Waals surface area contributed by atoms with E-state index in [0.29, 0.717) is 52.8 Å². The molecule has 0 fully saturated rings. The van der Waals surface area contributed by atoms with E-state index in [-0.39, 0.29) is 0 Å². The molecule has 11 heteroatoms. The molecule has 2 N–H and O–H groups in total. The lowest BCUT2D eigenvalue weighted by Gasteiger charge is -2.12. The number of halogens is 1. The van der Waals surface area contributed by atoms with Crippen LogP contribution in [0.4, 0.5) is 4.39 Å². The van der Waals surface area contributed by atoms with Gasteiger partial charge in [0.2, 0.25) is 0 Å². The normalized spacial score (nSPS) is 12.3. The van der Waals surface area contributed by atoms with Gasteiger partial charge >= 0.3 is 0 Å². The van der Waals surface area contributed by atoms with Crippen molar-refractivity contribution in [1.29, 1.82) is 0 Å². The van der Waals surface area contributed by atoms with Crippen molar-refractivity contribution in [3.05, 3.63) is 60.3 Å². The van der Waals surface area contributed by atoms with Crippen LogP contribution in [0, 0.1) is 5.82 Å². The summed E-state index contributed by atoms with van der Waals surface area (Å²) in [6, 6.07) is 8.36. The fourth-order valence-corrected chi connectivity index (χ4v) is 3.95. The average Bonchev–Trinajstić information content (AvgIpc) is 3.51. The molecule has 4 aromatic heterocycles. The third-order valence-electron chi connectivity index (χ3n) is 5.87. The second-order valence-corrected chi connectivity index (χ2v) is 8.92. The van der Waals surface area contributed by atoms with E-state index in [0.717, 1.165) is 22.0 Å². The molecule has 0 aliphatic carbocycles. The van der Waals surface area contributed by atoms with E-state index in [1.54, 1.807) is 24.7 Å². The number of likely N-dealkylation sites (N-methyl/N-ethyl adjacent to an activating group) is 1. The van der Waals surface area contributed by atoms with Gasteiger partial charge in [-0.05, 0) is 63.1 Å². The number of benzene rings is 1. The summed E-state index contributed by atoms with van der Waals surface area (Å²) < 4.78 is 20.3. The number of ether oxygens (including phenoxy) is 1. The molecule has 38 heavy (non-hydrogen) atoms. The maximum absolute atomic E-state index is 14.5. The molecule has 0 atom stereocenters. The van der Waals surface area contributed by atoms with Crippen molar-refractivity contribution in [2.45, 2.75) is 6.92 Å². The number of nitrogens with one attached hydrogen (secondary N) is 2. The maximum Gasteiger partial charge on any atom is 0.159 e. The first-order valence-electron chi connectivity index (χ1n) is 11.9. The van der Waals surface area contributed by atoms with Gasteiger partial charge in [-0.25, -0.2) is 19.4 Å². The number of allylic oxidation sites excluding steroid dienone is 1. The van der Waals surface area contributed by atoms with Crippen LogP contribution in [0.15, 0.2) is 58.9 Å². The van der Waals surface area contributed by atoms with Gasteiger partial charge in [-0.1, -0.05) is 0 Å². The standard InChI is InChI=1S/C27H26FN9O/c1-16(13-30-15-29-2)18-11-21-24(35-36-26(21)32-14-18)27-33-22-5-6-31-23(25(22)34-27)17-9-19(28)12-20(10-17)38-8-7-37(3)4/h5-6,9-15H,2,7-8H2,1,3-4H3,(H,33,34)(H,32,35,36)/b16-13+,30-15-. The van der Waals surface area contributed by atoms with Crippen molar-refractivity contribution < 1.29 is 9.13 Å². The Hall–Kier alpha value is -4.77. The Balaban J connectivity index is 1.54. The lowest BCUT2D eigenvalue weighted by atomic mass is 10.1. The van der Waals surface area contributed by atoms with Gasteiger partial charge in [-0.2, -0.15) is 5.10 Å². The molecule has 0 aliphatic heterocycles. The predicted octanol–water partition coefficient (Wildman–Crippen LogP) is 4.73. The van der Waals surface area contributed by atoms with Crippen LogP contribution in [0.3, 0.4) is 0 Å². The average molecular weight is 512 g/mol. The summed E-state index contributed by atoms with van der Waals surface area (Å²) in [4.78, 5) is 26.8. The van der Waals surface area contributed by atoms with Gasteiger partial charge in [0.15, 0.2) is 11.5 Å². The maximum atomic E-state index is 14.5. The zero-order valence-corrected chi connectivity index (χ0v) is 21.2. The highest BCUT2D eigenvalue weighted by atomic mass is 19.1. The highest BCUT2D eigenvalue weighted by Gasteiger charge is 2.18. The Labute approximate surface area is 218 Å². The number of H-pyrrole nitrogens is 2. The quantitative estimate of drug-likeness (QED) is 0.218. The van der Waals surface area contributed by atoms with Crippen LogP contribution in [0.2, 0.25) is 0 Å². The third kappa shape index (κ3) is 5.18. The van der Waals surface area contributed by atoms with E-state index < -0.39 is 5.82 Å². The minimum Gasteiger partial charge on any atom is -0.492 e. The Morgan fingerprint density at radius 2 is 2.05 bits per heavy atom. The lowest BCUT2D eigenvalue weighted by Crippen LogP contribution is -2.19. The van der Waals surface area contributed by atoms with Crippen LogP contribution in [-0.2, 0) is 0 Å². The Kier molecular flexibility index (Phi) is 7.00. The SMILES string of the molecule is C=N/C=N\C=C(/C)c1cnc2[nH]nc(-c3nc4c(-c5cc(F)cc(OCCN(C)C)c5)nccc4[nH]3)c2c1. The van der Waals surface area contributed by atoms with E-state index >= 15 is 0 Å². The van der Waals surface area contributed by atoms with Gasteiger partial charge in [-0.15, -0.1) is 0 Å². The van der Waals surface area contributed by atoms with E-state index in [2.05, 4.69) is 41.9 Å². The molecule has 5 aromatic rings. The molecule has 0 saturated heterocycles. The van der Waals surface area contributed by atoms with E-state index in [1.165, 1.54) is 18.5 Å². The molecular weight excluding hydrogens is 485 g/mol. The summed E-state index contributed by atoms with van der Waals surface area (Å²) in [5.41, 5.74) is 5.44. The number of pyridine rings is 2. The highest BCUT2D eigenvalue weighted by molar-refractivity contribution is 5.96. The van der Waals surface area contributed by atoms with E-state index in [4.69, 9.17) is 9.72 Å². The lowest BCUT2D eigenvalue weighted by molar-refractivity contribution is 0.260. The molecule has 0 bridgehead atoms. The van der Waals surface area contributed by atoms with Crippen molar-refractivity contribution in [2.24, 2.45) is 9.98 Å². The van der Waals surface area contributed by atoms with Crippen molar-refractivity contribution >= 4 is 40.7 Å². The highest BCUT2D eigenvalue weighted by Crippen LogP contribution is 2.32. The number of hydrogen-bond acceptors (Lipinski definition) is 7. The number of nitrogens with zero attached hydrogens (tertiary/aromatic N) is 7. The number of aromatic nitrogens is 6. The second-order valence-electron chi connectivity index (χ2n) is 8.92. The zero-order chi connectivity index (χ0) is 26.6. The summed E-state index contributed by atoms with van der Waals surface area (Å²) in [6.45, 7) is 6.47. The molecular formula is C27H26FN9O. The number of rotatable bonds is 9. The Bertz CT molecular complexity index is 1680. The molecule has 0 unspecified atom stereocenters. The molecule has 1 aromatic carbocycles. The number of fused-ring (bicyclic) bond motifs is 2. The first-order chi connectivity index (χ1) is 18.4. The smallest absolute Gasteiger partial charge is 0.159 e. The first-order valence-corrected chi connectivity index (χ1v) is 11.9. The topological polar surface area (TPSA) is 120 Å². The summed E-state index contributed by atoms with van der Waals surface area (Å²) in [7, 11) is 3.90. The fraction of sp³-hybridized carbons (Fsp3) is 0.185. The zero-order valence-electron chi connectivity index (χ0n) is 21.2. The molecule has 0 amide bonds. The van der Waals surface area contributed by atoms with Crippen molar-refractivity contribution in [3.8, 4) is 28.5 Å². The van der Waals surface area contributed by atoms with Crippen LogP contribution in [-0.4, -0.2) is 75.3 Å². The summed E-state index contributed by atoms with van der Waals surface area (Å²) >= 11 is 0. The van der Waals surface area contributed by atoms with Gasteiger partial charge in [0.1, 0.15) is 35.7 Å². The summed E-state index contributed by atoms with van der Waals surface area (Å²) in [5, 5.41) is 8.21. The van der Waals surface area contributed by atoms with E-state index in [9.17, 15) is 4.39 Å². The minimum absolute atomic E-state index is 0.412. The number of hydrogen-bond donors (Lipinski definition) is 2. The van der Waals surface area contributed by atoms with Gasteiger partial charge < -0.3 is 14.6 Å². The molecule has 10 nitrogen and oxygen atoms in total. The Morgan fingerprint density at radius 3 is 2.87 bits per heavy atom. The van der Waals surface area contributed by atoms with Crippen LogP contribution >= 0.6 is 0 Å². The molecule has 0 radical (unpaired) electrons. The molecule has 0 spiro atoms. The van der Waals surface area contributed by atoms with E-state index in [1.807, 2.05) is 38.1 Å². The van der Waals surface area contributed by atoms with Crippen LogP contribution in [0.5, 0.6) is 5.75 Å². The fourth-order valence-electron chi connectivity index (χ4n) is 3.95. The van der Waals surface area contributed by atoms with Crippen LogP contribution in [0.1, 0.15) is 12.5 Å². The van der Waals surface area contributed by atoms with Crippen molar-refractivity contribution in [1.82, 2.24) is 35.0 Å². The third-order valence-corrected chi connectivity index (χ3v) is 5.87. The largest absolute Gasteiger partial charge is 0.492 e. The van der Waals surface area contributed by atoms with Gasteiger partial charge in [0.25, 0.3) is 0 Å². The van der Waals surface area contributed by atoms with Crippen molar-refractivity contribution in [2.75, 3.05) is 27.2 Å². The number of aromatic amines is 2. The summed E-state index contributed by atoms with van der Waals surface area (Å²) in [5.74, 6) is 0.559. The number of imidazole rings is 1. The van der Waals surface area contributed by atoms with Gasteiger partial charge in [-0.3, -0.25) is 15.1 Å². The molecule has 0 saturated carbocycles. The van der Waals surface area contributed by atoms with Gasteiger partial charge in [0.05, 0.1) is 16.6 Å². The van der Waals surface area contributed by atoms with Crippen LogP contribution < -0.4 is 4.74 Å². The van der Waals surface area contributed by atoms with Gasteiger partial charge in [0, 0.05) is 36.8 Å². The monoisotopic (exact) mass is 511 g/mol. The molecule has 0 aliphatic rings. The predicted molar refractivity (Wildman–Crippen MR) is 148 cm³/mol. The molecule has 192 valence electrons. The minimum atomic E-state index is -0.412. The summed E-state index contributed by atoms with van der Waals surface area (Å²) in [6.07, 6.45) is 6.46. The first kappa shape index (κ1) is 24.9.